The maximum Gasteiger partial charge on any atom is 0.230 e. The van der Waals surface area contributed by atoms with Gasteiger partial charge in [-0.2, -0.15) is 0 Å². The number of halogens is 2. The van der Waals surface area contributed by atoms with Gasteiger partial charge in [-0.05, 0) is 74.6 Å². The number of hydrogen-bond acceptors (Lipinski definition) is 2. The third kappa shape index (κ3) is 9.31. The summed E-state index contributed by atoms with van der Waals surface area (Å²) in [4.78, 5) is 17.3. The van der Waals surface area contributed by atoms with E-state index in [0.717, 1.165) is 47.7 Å². The number of nitrogens with one attached hydrogen (secondary N) is 1. The summed E-state index contributed by atoms with van der Waals surface area (Å²) < 4.78 is 0. The fourth-order valence-electron chi connectivity index (χ4n) is 4.19. The van der Waals surface area contributed by atoms with Gasteiger partial charge in [0.15, 0.2) is 0 Å². The first kappa shape index (κ1) is 28.9. The predicted octanol–water partition coefficient (Wildman–Crippen LogP) is 8.36. The van der Waals surface area contributed by atoms with Gasteiger partial charge in [-0.25, -0.2) is 0 Å². The molecule has 1 aromatic heterocycles. The van der Waals surface area contributed by atoms with Crippen LogP contribution in [0.3, 0.4) is 0 Å². The third-order valence-corrected chi connectivity index (χ3v) is 6.45. The van der Waals surface area contributed by atoms with E-state index >= 15 is 0 Å². The molecule has 1 saturated carbocycles. The first-order valence-electron chi connectivity index (χ1n) is 12.5. The fourth-order valence-corrected chi connectivity index (χ4v) is 4.44. The van der Waals surface area contributed by atoms with Crippen LogP contribution in [0.15, 0.2) is 73.1 Å². The van der Waals surface area contributed by atoms with E-state index in [2.05, 4.69) is 31.1 Å². The van der Waals surface area contributed by atoms with Crippen molar-refractivity contribution in [2.45, 2.75) is 77.7 Å². The van der Waals surface area contributed by atoms with Gasteiger partial charge in [0.1, 0.15) is 0 Å². The first-order chi connectivity index (χ1) is 16.8. The molecule has 0 spiro atoms. The van der Waals surface area contributed by atoms with Gasteiger partial charge in [-0.3, -0.25) is 9.78 Å². The van der Waals surface area contributed by atoms with E-state index in [1.807, 2.05) is 73.8 Å². The molecular weight excluding hydrogens is 475 g/mol. The number of hydrogen-bond donors (Lipinski definition) is 1. The summed E-state index contributed by atoms with van der Waals surface area (Å²) >= 11 is 11.5. The van der Waals surface area contributed by atoms with Crippen LogP contribution < -0.4 is 5.32 Å². The van der Waals surface area contributed by atoms with Crippen molar-refractivity contribution in [3.8, 4) is 0 Å². The Morgan fingerprint density at radius 1 is 0.971 bits per heavy atom. The lowest BCUT2D eigenvalue weighted by Gasteiger charge is -2.29. The molecule has 1 N–H and O–H groups in total. The van der Waals surface area contributed by atoms with Gasteiger partial charge in [0.05, 0.1) is 5.41 Å². The molecule has 35 heavy (non-hydrogen) atoms. The number of carbonyl (C=O) groups excluding carboxylic acids is 1. The summed E-state index contributed by atoms with van der Waals surface area (Å²) in [6.45, 7) is 8.34. The Balaban J connectivity index is 0.000000327. The van der Waals surface area contributed by atoms with Crippen LogP contribution in [0.25, 0.3) is 0 Å². The standard InChI is InChI=1S/C20H23ClN2O.C7H7Cl.C3H8/c1-15(13-16-6-8-18(21)9-7-16)23-19(24)20(10-2-3-11-20)17-5-4-12-22-14-17;1-6-2-4-7(8)5-3-6;1-3-2/h4-9,12,14-15H,2-3,10-11,13H2,1H3,(H,23,24);2-5H,1H3;3H2,1-2H3. The van der Waals surface area contributed by atoms with E-state index in [4.69, 9.17) is 23.2 Å². The smallest absolute Gasteiger partial charge is 0.230 e. The molecule has 0 radical (unpaired) electrons. The van der Waals surface area contributed by atoms with Gasteiger partial charge in [-0.1, -0.05) is 92.2 Å². The van der Waals surface area contributed by atoms with Crippen LogP contribution in [0.2, 0.25) is 10.0 Å². The van der Waals surface area contributed by atoms with Crippen molar-refractivity contribution in [3.05, 3.63) is 99.8 Å². The topological polar surface area (TPSA) is 42.0 Å². The molecule has 3 aromatic rings. The van der Waals surface area contributed by atoms with Gasteiger partial charge in [0.25, 0.3) is 0 Å². The summed E-state index contributed by atoms with van der Waals surface area (Å²) in [5.74, 6) is 0.134. The molecule has 0 bridgehead atoms. The Morgan fingerprint density at radius 2 is 1.51 bits per heavy atom. The van der Waals surface area contributed by atoms with Gasteiger partial charge < -0.3 is 5.32 Å². The van der Waals surface area contributed by atoms with E-state index in [0.29, 0.717) is 0 Å². The van der Waals surface area contributed by atoms with E-state index < -0.39 is 5.41 Å². The molecule has 1 heterocycles. The second-order valence-electron chi connectivity index (χ2n) is 9.24. The van der Waals surface area contributed by atoms with Crippen molar-refractivity contribution >= 4 is 29.1 Å². The number of nitrogens with zero attached hydrogens (tertiary/aromatic N) is 1. The molecule has 1 aliphatic rings. The monoisotopic (exact) mass is 512 g/mol. The zero-order chi connectivity index (χ0) is 25.7. The number of benzene rings is 2. The molecule has 1 aliphatic carbocycles. The Kier molecular flexibility index (Phi) is 12.3. The second-order valence-corrected chi connectivity index (χ2v) is 10.1. The highest BCUT2D eigenvalue weighted by Crippen LogP contribution is 2.41. The molecule has 5 heteroatoms. The molecule has 2 aromatic carbocycles. The largest absolute Gasteiger partial charge is 0.353 e. The highest BCUT2D eigenvalue weighted by Gasteiger charge is 2.43. The lowest BCUT2D eigenvalue weighted by atomic mass is 9.78. The van der Waals surface area contributed by atoms with Crippen LogP contribution in [0.4, 0.5) is 0 Å². The maximum atomic E-state index is 13.1. The normalized spacial score (nSPS) is 14.6. The molecule has 188 valence electrons. The van der Waals surface area contributed by atoms with Crippen LogP contribution in [0, 0.1) is 6.92 Å². The van der Waals surface area contributed by atoms with Crippen molar-refractivity contribution in [3.63, 3.8) is 0 Å². The summed E-state index contributed by atoms with van der Waals surface area (Å²) in [6.07, 6.45) is 9.63. The Hall–Kier alpha value is -2.36. The fraction of sp³-hybridized carbons (Fsp3) is 0.400. The second kappa shape index (κ2) is 14.9. The van der Waals surface area contributed by atoms with E-state index in [1.165, 1.54) is 17.5 Å². The van der Waals surface area contributed by atoms with Crippen molar-refractivity contribution in [2.75, 3.05) is 0 Å². The highest BCUT2D eigenvalue weighted by molar-refractivity contribution is 6.30. The van der Waals surface area contributed by atoms with Gasteiger partial charge in [0, 0.05) is 28.5 Å². The van der Waals surface area contributed by atoms with Crippen LogP contribution >= 0.6 is 23.2 Å². The Labute approximate surface area is 221 Å². The van der Waals surface area contributed by atoms with Gasteiger partial charge in [0.2, 0.25) is 5.91 Å². The SMILES string of the molecule is CC(Cc1ccc(Cl)cc1)NC(=O)C1(c2cccnc2)CCCC1.CCC.Cc1ccc(Cl)cc1. The van der Waals surface area contributed by atoms with Crippen LogP contribution in [-0.4, -0.2) is 16.9 Å². The molecule has 1 fully saturated rings. The van der Waals surface area contributed by atoms with E-state index in [1.54, 1.807) is 6.20 Å². The minimum absolute atomic E-state index is 0.0767. The Morgan fingerprint density at radius 3 is 2.00 bits per heavy atom. The minimum Gasteiger partial charge on any atom is -0.353 e. The molecule has 1 atom stereocenters. The quantitative estimate of drug-likeness (QED) is 0.372. The minimum atomic E-state index is -0.414. The first-order valence-corrected chi connectivity index (χ1v) is 13.2. The molecule has 3 nitrogen and oxygen atoms in total. The number of carbonyl (C=O) groups is 1. The molecular formula is C30H38Cl2N2O. The Bertz CT molecular complexity index is 978. The molecule has 0 saturated heterocycles. The molecule has 0 aliphatic heterocycles. The summed E-state index contributed by atoms with van der Waals surface area (Å²) in [5.41, 5.74) is 3.05. The van der Waals surface area contributed by atoms with Gasteiger partial charge in [-0.15, -0.1) is 0 Å². The molecule has 4 rings (SSSR count). The van der Waals surface area contributed by atoms with E-state index in [9.17, 15) is 4.79 Å². The average molecular weight is 514 g/mol. The molecule has 1 unspecified atom stereocenters. The lowest BCUT2D eigenvalue weighted by molar-refractivity contribution is -0.127. The van der Waals surface area contributed by atoms with Crippen molar-refractivity contribution in [1.29, 1.82) is 0 Å². The maximum absolute atomic E-state index is 13.1. The lowest BCUT2D eigenvalue weighted by Crippen LogP contribution is -2.46. The average Bonchev–Trinajstić information content (AvgIpc) is 3.35. The predicted molar refractivity (Wildman–Crippen MR) is 149 cm³/mol. The summed E-state index contributed by atoms with van der Waals surface area (Å²) in [5, 5.41) is 4.76. The van der Waals surface area contributed by atoms with Crippen molar-refractivity contribution in [2.24, 2.45) is 0 Å². The number of aromatic nitrogens is 1. The number of pyridine rings is 1. The zero-order valence-corrected chi connectivity index (χ0v) is 22.9. The number of aryl methyl sites for hydroxylation is 1. The van der Waals surface area contributed by atoms with E-state index in [-0.39, 0.29) is 11.9 Å². The summed E-state index contributed by atoms with van der Waals surface area (Å²) in [7, 11) is 0. The van der Waals surface area contributed by atoms with Crippen LogP contribution in [0.1, 0.15) is 69.6 Å². The zero-order valence-electron chi connectivity index (χ0n) is 21.4. The molecule has 1 amide bonds. The third-order valence-electron chi connectivity index (χ3n) is 5.95. The van der Waals surface area contributed by atoms with Crippen molar-refractivity contribution < 1.29 is 4.79 Å². The van der Waals surface area contributed by atoms with Crippen LogP contribution in [-0.2, 0) is 16.6 Å². The van der Waals surface area contributed by atoms with Gasteiger partial charge >= 0.3 is 0 Å². The highest BCUT2D eigenvalue weighted by atomic mass is 35.5. The van der Waals surface area contributed by atoms with Crippen LogP contribution in [0.5, 0.6) is 0 Å². The number of amides is 1. The summed E-state index contributed by atoms with van der Waals surface area (Å²) in [6, 6.07) is 19.6. The number of rotatable bonds is 5. The van der Waals surface area contributed by atoms with Crippen molar-refractivity contribution in [1.82, 2.24) is 10.3 Å².